The van der Waals surface area contributed by atoms with Crippen molar-refractivity contribution >= 4 is 22.8 Å². The third kappa shape index (κ3) is 2.77. The minimum absolute atomic E-state index is 0.0625. The number of amides is 1. The number of rotatable bonds is 2. The molecular weight excluding hydrogens is 356 g/mol. The minimum Gasteiger partial charge on any atom is -0.481 e. The van der Waals surface area contributed by atoms with Gasteiger partial charge in [0.1, 0.15) is 5.82 Å². The van der Waals surface area contributed by atoms with E-state index in [1.54, 1.807) is 0 Å². The van der Waals surface area contributed by atoms with Crippen LogP contribution in [0.25, 0.3) is 10.9 Å². The average Bonchev–Trinajstić information content (AvgIpc) is 3.00. The van der Waals surface area contributed by atoms with E-state index in [4.69, 9.17) is 5.11 Å². The quantitative estimate of drug-likeness (QED) is 0.825. The van der Waals surface area contributed by atoms with Gasteiger partial charge in [-0.15, -0.1) is 0 Å². The number of likely N-dealkylation sites (tertiary alicyclic amines) is 1. The largest absolute Gasteiger partial charge is 0.481 e. The number of nitrogens with zero attached hydrogens (tertiary/aromatic N) is 2. The maximum atomic E-state index is 13.3. The van der Waals surface area contributed by atoms with Crippen molar-refractivity contribution in [1.29, 1.82) is 0 Å². The minimum atomic E-state index is -4.97. The zero-order valence-corrected chi connectivity index (χ0v) is 13.6. The number of pyridine rings is 1. The summed E-state index contributed by atoms with van der Waals surface area (Å²) < 4.78 is 53.1. The summed E-state index contributed by atoms with van der Waals surface area (Å²) in [6.45, 7) is 0.207. The van der Waals surface area contributed by atoms with Crippen LogP contribution >= 0.6 is 0 Å². The first-order valence-electron chi connectivity index (χ1n) is 7.71. The molecule has 1 saturated heterocycles. The van der Waals surface area contributed by atoms with Crippen molar-refractivity contribution in [2.75, 3.05) is 13.1 Å². The second-order valence-electron chi connectivity index (χ2n) is 6.32. The van der Waals surface area contributed by atoms with Crippen molar-refractivity contribution in [3.05, 3.63) is 41.3 Å². The van der Waals surface area contributed by atoms with Gasteiger partial charge in [0, 0.05) is 24.5 Å². The van der Waals surface area contributed by atoms with Gasteiger partial charge in [-0.2, -0.15) is 13.2 Å². The Morgan fingerprint density at radius 2 is 1.96 bits per heavy atom. The Bertz CT molecular complexity index is 913. The van der Waals surface area contributed by atoms with Gasteiger partial charge in [-0.1, -0.05) is 0 Å². The number of carboxylic acids is 1. The lowest BCUT2D eigenvalue weighted by atomic mass is 9.86. The topological polar surface area (TPSA) is 70.5 Å². The molecule has 1 aliphatic rings. The van der Waals surface area contributed by atoms with Crippen LogP contribution in [0.5, 0.6) is 0 Å². The van der Waals surface area contributed by atoms with Crippen LogP contribution in [0.1, 0.15) is 22.5 Å². The molecule has 1 fully saturated rings. The van der Waals surface area contributed by atoms with Crippen molar-refractivity contribution in [1.82, 2.24) is 9.88 Å². The van der Waals surface area contributed by atoms with E-state index in [-0.39, 0.29) is 17.8 Å². The SMILES string of the molecule is Cc1nc2cc(F)ccc2cc1C(=O)N1CCC(C(=O)O)(C(F)(F)F)C1. The van der Waals surface area contributed by atoms with Crippen LogP contribution in [-0.2, 0) is 4.79 Å². The fourth-order valence-electron chi connectivity index (χ4n) is 3.13. The number of aliphatic carboxylic acids is 1. The highest BCUT2D eigenvalue weighted by molar-refractivity contribution is 5.99. The van der Waals surface area contributed by atoms with E-state index >= 15 is 0 Å². The molecule has 0 aliphatic carbocycles. The molecule has 3 rings (SSSR count). The predicted octanol–water partition coefficient (Wildman–Crippen LogP) is 3.16. The molecule has 2 heterocycles. The number of fused-ring (bicyclic) bond motifs is 1. The predicted molar refractivity (Wildman–Crippen MR) is 83.1 cm³/mol. The fourth-order valence-corrected chi connectivity index (χ4v) is 3.13. The number of alkyl halides is 3. The van der Waals surface area contributed by atoms with Crippen molar-refractivity contribution in [3.8, 4) is 0 Å². The second kappa shape index (κ2) is 5.93. The first-order valence-corrected chi connectivity index (χ1v) is 7.71. The fraction of sp³-hybridized carbons (Fsp3) is 0.353. The number of benzene rings is 1. The number of carboxylic acid groups (broad SMARTS) is 1. The summed E-state index contributed by atoms with van der Waals surface area (Å²) >= 11 is 0. The first kappa shape index (κ1) is 18.1. The van der Waals surface area contributed by atoms with Gasteiger partial charge in [0.05, 0.1) is 16.8 Å². The molecule has 0 spiro atoms. The first-order chi connectivity index (χ1) is 12.0. The van der Waals surface area contributed by atoms with Crippen LogP contribution in [0.3, 0.4) is 0 Å². The summed E-state index contributed by atoms with van der Waals surface area (Å²) in [7, 11) is 0. The van der Waals surface area contributed by atoms with E-state index in [1.807, 2.05) is 0 Å². The monoisotopic (exact) mass is 370 g/mol. The Balaban J connectivity index is 1.96. The van der Waals surface area contributed by atoms with Crippen LogP contribution < -0.4 is 0 Å². The van der Waals surface area contributed by atoms with Crippen molar-refractivity contribution < 1.29 is 32.3 Å². The van der Waals surface area contributed by atoms with Crippen molar-refractivity contribution in [3.63, 3.8) is 0 Å². The lowest BCUT2D eigenvalue weighted by molar-refractivity contribution is -0.227. The van der Waals surface area contributed by atoms with Gasteiger partial charge in [0.2, 0.25) is 0 Å². The summed E-state index contributed by atoms with van der Waals surface area (Å²) in [5, 5.41) is 9.54. The van der Waals surface area contributed by atoms with Gasteiger partial charge in [-0.05, 0) is 31.5 Å². The molecule has 138 valence electrons. The molecule has 1 aromatic carbocycles. The van der Waals surface area contributed by atoms with E-state index < -0.39 is 42.3 Å². The number of carbonyl (C=O) groups excluding carboxylic acids is 1. The molecule has 1 aromatic heterocycles. The summed E-state index contributed by atoms with van der Waals surface area (Å²) in [5.41, 5.74) is -2.36. The van der Waals surface area contributed by atoms with Gasteiger partial charge in [-0.3, -0.25) is 14.6 Å². The van der Waals surface area contributed by atoms with Gasteiger partial charge in [-0.25, -0.2) is 4.39 Å². The number of carbonyl (C=O) groups is 2. The Kier molecular flexibility index (Phi) is 4.12. The molecular formula is C17H14F4N2O3. The molecule has 1 N–H and O–H groups in total. The van der Waals surface area contributed by atoms with Gasteiger partial charge in [0.15, 0.2) is 5.41 Å². The molecule has 1 atom stereocenters. The van der Waals surface area contributed by atoms with E-state index in [0.29, 0.717) is 10.9 Å². The zero-order chi connectivity index (χ0) is 19.3. The molecule has 26 heavy (non-hydrogen) atoms. The number of aryl methyl sites for hydroxylation is 1. The highest BCUT2D eigenvalue weighted by Gasteiger charge is 2.64. The van der Waals surface area contributed by atoms with Gasteiger partial charge < -0.3 is 10.0 Å². The lowest BCUT2D eigenvalue weighted by Crippen LogP contribution is -2.47. The standard InChI is InChI=1S/C17H14F4N2O3/c1-9-12(6-10-2-3-11(18)7-13(10)22-9)14(24)23-5-4-16(8-23,15(25)26)17(19,20)21/h2-3,6-7H,4-5,8H2,1H3,(H,25,26). The van der Waals surface area contributed by atoms with Crippen LogP contribution in [0.15, 0.2) is 24.3 Å². The van der Waals surface area contributed by atoms with Crippen LogP contribution in [0.2, 0.25) is 0 Å². The highest BCUT2D eigenvalue weighted by atomic mass is 19.4. The molecule has 2 aromatic rings. The third-order valence-electron chi connectivity index (χ3n) is 4.71. The number of aromatic nitrogens is 1. The number of hydrogen-bond donors (Lipinski definition) is 1. The van der Waals surface area contributed by atoms with Crippen LogP contribution in [0, 0.1) is 18.2 Å². The molecule has 1 amide bonds. The Morgan fingerprint density at radius 3 is 2.54 bits per heavy atom. The average molecular weight is 370 g/mol. The second-order valence-corrected chi connectivity index (χ2v) is 6.32. The maximum absolute atomic E-state index is 13.3. The smallest absolute Gasteiger partial charge is 0.406 e. The zero-order valence-electron chi connectivity index (χ0n) is 13.6. The molecule has 5 nitrogen and oxygen atoms in total. The normalized spacial score (nSPS) is 20.6. The summed E-state index contributed by atoms with van der Waals surface area (Å²) in [5.74, 6) is -3.22. The number of hydrogen-bond acceptors (Lipinski definition) is 3. The Hall–Kier alpha value is -2.71. The Morgan fingerprint density at radius 1 is 1.27 bits per heavy atom. The van der Waals surface area contributed by atoms with Gasteiger partial charge in [0.25, 0.3) is 5.91 Å². The molecule has 1 aliphatic heterocycles. The van der Waals surface area contributed by atoms with Crippen LogP contribution in [0.4, 0.5) is 17.6 Å². The van der Waals surface area contributed by atoms with E-state index in [0.717, 1.165) is 4.90 Å². The van der Waals surface area contributed by atoms with Crippen molar-refractivity contribution in [2.24, 2.45) is 5.41 Å². The number of halogens is 4. The Labute approximate surface area is 145 Å². The summed E-state index contributed by atoms with van der Waals surface area (Å²) in [4.78, 5) is 28.9. The highest BCUT2D eigenvalue weighted by Crippen LogP contribution is 2.46. The maximum Gasteiger partial charge on any atom is 0.406 e. The third-order valence-corrected chi connectivity index (χ3v) is 4.71. The molecule has 9 heteroatoms. The van der Waals surface area contributed by atoms with Crippen LogP contribution in [-0.4, -0.2) is 46.1 Å². The summed E-state index contributed by atoms with van der Waals surface area (Å²) in [6.07, 6.45) is -5.68. The van der Waals surface area contributed by atoms with Crippen molar-refractivity contribution in [2.45, 2.75) is 19.5 Å². The molecule has 0 saturated carbocycles. The molecule has 0 radical (unpaired) electrons. The summed E-state index contributed by atoms with van der Waals surface area (Å²) in [6, 6.07) is 5.21. The van der Waals surface area contributed by atoms with E-state index in [1.165, 1.54) is 31.2 Å². The molecule has 1 unspecified atom stereocenters. The van der Waals surface area contributed by atoms with E-state index in [2.05, 4.69) is 4.98 Å². The lowest BCUT2D eigenvalue weighted by Gasteiger charge is -2.27. The van der Waals surface area contributed by atoms with Gasteiger partial charge >= 0.3 is 12.1 Å². The van der Waals surface area contributed by atoms with E-state index in [9.17, 15) is 27.2 Å². The molecule has 0 bridgehead atoms.